The van der Waals surface area contributed by atoms with Gasteiger partial charge in [0.05, 0.1) is 11.7 Å². The van der Waals surface area contributed by atoms with Gasteiger partial charge in [-0.1, -0.05) is 12.1 Å². The quantitative estimate of drug-likeness (QED) is 0.866. The molecule has 0 saturated carbocycles. The summed E-state index contributed by atoms with van der Waals surface area (Å²) in [5.41, 5.74) is 0.633. The molecule has 2 aliphatic heterocycles. The zero-order valence-electron chi connectivity index (χ0n) is 12.0. The first-order valence-electron chi connectivity index (χ1n) is 6.85. The summed E-state index contributed by atoms with van der Waals surface area (Å²) in [6.45, 7) is 2.70. The molecule has 124 valence electrons. The molecule has 8 heteroatoms. The highest BCUT2D eigenvalue weighted by molar-refractivity contribution is 7.99. The van der Waals surface area contributed by atoms with Crippen LogP contribution in [0.15, 0.2) is 24.3 Å². The number of amides is 1. The summed E-state index contributed by atoms with van der Waals surface area (Å²) in [7, 11) is 0. The molecule has 2 aliphatic rings. The minimum Gasteiger partial charge on any atom is -0.366 e. The van der Waals surface area contributed by atoms with E-state index in [9.17, 15) is 9.18 Å². The number of hydrogen-bond donors (Lipinski definition) is 1. The van der Waals surface area contributed by atoms with Crippen LogP contribution in [0.3, 0.4) is 0 Å². The largest absolute Gasteiger partial charge is 0.366 e. The van der Waals surface area contributed by atoms with Crippen molar-refractivity contribution in [3.05, 3.63) is 30.1 Å². The molecule has 0 spiro atoms. The van der Waals surface area contributed by atoms with E-state index in [0.29, 0.717) is 31.9 Å². The Labute approximate surface area is 146 Å². The molecule has 0 aliphatic carbocycles. The van der Waals surface area contributed by atoms with Crippen LogP contribution in [0, 0.1) is 5.82 Å². The average Bonchev–Trinajstić information content (AvgIpc) is 3.01. The van der Waals surface area contributed by atoms with Crippen LogP contribution in [-0.2, 0) is 4.79 Å². The Bertz CT molecular complexity index is 495. The van der Waals surface area contributed by atoms with Crippen LogP contribution >= 0.6 is 36.6 Å². The lowest BCUT2D eigenvalue weighted by Crippen LogP contribution is -2.53. The minimum absolute atomic E-state index is 0. The topological polar surface area (TPSA) is 35.6 Å². The average molecular weight is 368 g/mol. The van der Waals surface area contributed by atoms with E-state index in [0.717, 1.165) is 11.6 Å². The van der Waals surface area contributed by atoms with Gasteiger partial charge in [0.1, 0.15) is 5.82 Å². The highest BCUT2D eigenvalue weighted by atomic mass is 35.5. The molecule has 1 atom stereocenters. The number of para-hydroxylation sites is 1. The third-order valence-corrected chi connectivity index (χ3v) is 4.74. The summed E-state index contributed by atoms with van der Waals surface area (Å²) < 4.78 is 13.7. The number of benzene rings is 1. The molecule has 2 heterocycles. The smallest absolute Gasteiger partial charge is 0.240 e. The number of nitrogens with zero attached hydrogens (tertiary/aromatic N) is 2. The Morgan fingerprint density at radius 3 is 2.45 bits per heavy atom. The third kappa shape index (κ3) is 4.19. The molecular weight excluding hydrogens is 348 g/mol. The number of anilines is 1. The van der Waals surface area contributed by atoms with Gasteiger partial charge in [-0.05, 0) is 12.1 Å². The molecule has 3 rings (SSSR count). The number of halogens is 3. The molecule has 1 amide bonds. The second-order valence-corrected chi connectivity index (χ2v) is 6.07. The summed E-state index contributed by atoms with van der Waals surface area (Å²) in [4.78, 5) is 16.2. The lowest BCUT2D eigenvalue weighted by Gasteiger charge is -2.37. The number of rotatable bonds is 2. The maximum Gasteiger partial charge on any atom is 0.240 e. The molecule has 2 fully saturated rings. The fourth-order valence-electron chi connectivity index (χ4n) is 2.65. The van der Waals surface area contributed by atoms with Crippen molar-refractivity contribution in [3.63, 3.8) is 0 Å². The first-order valence-corrected chi connectivity index (χ1v) is 8.00. The zero-order valence-corrected chi connectivity index (χ0v) is 14.5. The van der Waals surface area contributed by atoms with Crippen molar-refractivity contribution in [1.82, 2.24) is 10.2 Å². The maximum absolute atomic E-state index is 13.7. The zero-order chi connectivity index (χ0) is 13.9. The lowest BCUT2D eigenvalue weighted by atomic mass is 10.2. The summed E-state index contributed by atoms with van der Waals surface area (Å²) in [6.07, 6.45) is 0. The predicted molar refractivity (Wildman–Crippen MR) is 93.9 cm³/mol. The SMILES string of the molecule is Cl.Cl.O=C(C1CSCN1)N1CCN(c2ccccc2F)CC1. The van der Waals surface area contributed by atoms with E-state index < -0.39 is 0 Å². The van der Waals surface area contributed by atoms with E-state index in [-0.39, 0.29) is 42.6 Å². The van der Waals surface area contributed by atoms with E-state index in [4.69, 9.17) is 0 Å². The Balaban J connectivity index is 0.00000121. The molecule has 1 aromatic carbocycles. The predicted octanol–water partition coefficient (Wildman–Crippen LogP) is 1.98. The van der Waals surface area contributed by atoms with Crippen molar-refractivity contribution in [2.24, 2.45) is 0 Å². The van der Waals surface area contributed by atoms with Crippen LogP contribution in [0.25, 0.3) is 0 Å². The second-order valence-electron chi connectivity index (χ2n) is 5.04. The van der Waals surface area contributed by atoms with Gasteiger partial charge in [-0.25, -0.2) is 4.39 Å². The van der Waals surface area contributed by atoms with Crippen LogP contribution in [0.4, 0.5) is 10.1 Å². The minimum atomic E-state index is -0.193. The molecular formula is C14H20Cl2FN3OS. The standard InChI is InChI=1S/C14H18FN3OS.2ClH/c15-11-3-1-2-4-13(11)17-5-7-18(8-6-17)14(19)12-9-20-10-16-12;;/h1-4,12,16H,5-10H2;2*1H. The molecule has 1 aromatic rings. The van der Waals surface area contributed by atoms with Gasteiger partial charge in [0, 0.05) is 37.8 Å². The van der Waals surface area contributed by atoms with E-state index in [2.05, 4.69) is 5.32 Å². The van der Waals surface area contributed by atoms with Crippen LogP contribution in [0.5, 0.6) is 0 Å². The number of hydrogen-bond acceptors (Lipinski definition) is 4. The second kappa shape index (κ2) is 8.82. The van der Waals surface area contributed by atoms with Crippen LogP contribution < -0.4 is 10.2 Å². The normalized spacial score (nSPS) is 21.0. The maximum atomic E-state index is 13.7. The van der Waals surface area contributed by atoms with Gasteiger partial charge < -0.3 is 9.80 Å². The van der Waals surface area contributed by atoms with Crippen molar-refractivity contribution in [2.75, 3.05) is 42.7 Å². The molecule has 0 bridgehead atoms. The Hall–Kier alpha value is -0.690. The number of carbonyl (C=O) groups excluding carboxylic acids is 1. The van der Waals surface area contributed by atoms with Crippen molar-refractivity contribution in [2.45, 2.75) is 6.04 Å². The van der Waals surface area contributed by atoms with Crippen LogP contribution in [0.2, 0.25) is 0 Å². The van der Waals surface area contributed by atoms with Crippen molar-refractivity contribution in [3.8, 4) is 0 Å². The molecule has 22 heavy (non-hydrogen) atoms. The fraction of sp³-hybridized carbons (Fsp3) is 0.500. The van der Waals surface area contributed by atoms with Crippen molar-refractivity contribution in [1.29, 1.82) is 0 Å². The monoisotopic (exact) mass is 367 g/mol. The van der Waals surface area contributed by atoms with Gasteiger partial charge in [0.2, 0.25) is 5.91 Å². The summed E-state index contributed by atoms with van der Waals surface area (Å²) >= 11 is 1.76. The fourth-order valence-corrected chi connectivity index (χ4v) is 3.58. The van der Waals surface area contributed by atoms with Gasteiger partial charge in [0.25, 0.3) is 0 Å². The first kappa shape index (κ1) is 19.4. The van der Waals surface area contributed by atoms with Gasteiger partial charge in [-0.15, -0.1) is 36.6 Å². The van der Waals surface area contributed by atoms with Crippen LogP contribution in [0.1, 0.15) is 0 Å². The molecule has 2 saturated heterocycles. The van der Waals surface area contributed by atoms with Gasteiger partial charge in [0.15, 0.2) is 0 Å². The Kier molecular flexibility index (Phi) is 7.76. The number of thioether (sulfide) groups is 1. The number of nitrogens with one attached hydrogen (secondary N) is 1. The molecule has 1 N–H and O–H groups in total. The van der Waals surface area contributed by atoms with Crippen molar-refractivity contribution >= 4 is 48.2 Å². The molecule has 4 nitrogen and oxygen atoms in total. The highest BCUT2D eigenvalue weighted by Gasteiger charge is 2.29. The van der Waals surface area contributed by atoms with E-state index in [1.54, 1.807) is 23.9 Å². The summed E-state index contributed by atoms with van der Waals surface area (Å²) in [5.74, 6) is 1.70. The number of piperazine rings is 1. The van der Waals surface area contributed by atoms with E-state index >= 15 is 0 Å². The van der Waals surface area contributed by atoms with Crippen LogP contribution in [-0.4, -0.2) is 54.7 Å². The van der Waals surface area contributed by atoms with E-state index in [1.807, 2.05) is 15.9 Å². The van der Waals surface area contributed by atoms with Crippen molar-refractivity contribution < 1.29 is 9.18 Å². The Morgan fingerprint density at radius 2 is 1.86 bits per heavy atom. The summed E-state index contributed by atoms with van der Waals surface area (Å²) in [6, 6.07) is 6.77. The summed E-state index contributed by atoms with van der Waals surface area (Å²) in [5, 5.41) is 3.20. The Morgan fingerprint density at radius 1 is 1.18 bits per heavy atom. The van der Waals surface area contributed by atoms with Gasteiger partial charge >= 0.3 is 0 Å². The third-order valence-electron chi connectivity index (χ3n) is 3.80. The number of carbonyl (C=O) groups is 1. The molecule has 1 unspecified atom stereocenters. The van der Waals surface area contributed by atoms with E-state index in [1.165, 1.54) is 6.07 Å². The first-order chi connectivity index (χ1) is 9.75. The van der Waals surface area contributed by atoms with Gasteiger partial charge in [-0.2, -0.15) is 0 Å². The molecule has 0 aromatic heterocycles. The van der Waals surface area contributed by atoms with Gasteiger partial charge in [-0.3, -0.25) is 10.1 Å². The lowest BCUT2D eigenvalue weighted by molar-refractivity contribution is -0.132. The molecule has 0 radical (unpaired) electrons. The highest BCUT2D eigenvalue weighted by Crippen LogP contribution is 2.21.